The fourth-order valence-corrected chi connectivity index (χ4v) is 5.47. The zero-order valence-corrected chi connectivity index (χ0v) is 21.5. The van der Waals surface area contributed by atoms with Gasteiger partial charge in [-0.3, -0.25) is 19.8 Å². The fraction of sp³-hybridized carbons (Fsp3) is 0.407. The van der Waals surface area contributed by atoms with Crippen LogP contribution in [0.3, 0.4) is 0 Å². The quantitative estimate of drug-likeness (QED) is 0.461. The summed E-state index contributed by atoms with van der Waals surface area (Å²) < 4.78 is 11.5. The van der Waals surface area contributed by atoms with Crippen LogP contribution < -0.4 is 15.4 Å². The molecular formula is C27H29N5O4S. The van der Waals surface area contributed by atoms with Crippen LogP contribution >= 0.6 is 11.3 Å². The molecule has 3 fully saturated rings. The topological polar surface area (TPSA) is 106 Å². The number of rotatable bonds is 8. The predicted molar refractivity (Wildman–Crippen MR) is 141 cm³/mol. The lowest BCUT2D eigenvalue weighted by Gasteiger charge is -2.34. The molecule has 2 aromatic carbocycles. The van der Waals surface area contributed by atoms with Gasteiger partial charge in [0.05, 0.1) is 25.0 Å². The summed E-state index contributed by atoms with van der Waals surface area (Å²) in [6.07, 6.45) is 3.78. The summed E-state index contributed by atoms with van der Waals surface area (Å²) in [5, 5.41) is 15.5. The standard InChI is InChI=1S/C27H29N5O4S/c1-17-4-2-3-5-20(17)24-30-31-26(37-24)29-23(33)18-6-9-22(36-19-7-8-19)21(16-18)28-25(34)27(10-11-27)32-12-14-35-15-13-32/h2-6,9,16,19H,7-8,10-15H2,1H3,(H,28,34)(H,29,31,33). The van der Waals surface area contributed by atoms with Crippen LogP contribution in [-0.2, 0) is 9.53 Å². The van der Waals surface area contributed by atoms with Crippen molar-refractivity contribution in [2.45, 2.75) is 44.2 Å². The zero-order chi connectivity index (χ0) is 25.4. The van der Waals surface area contributed by atoms with Crippen molar-refractivity contribution in [1.82, 2.24) is 15.1 Å². The highest BCUT2D eigenvalue weighted by atomic mass is 32.1. The number of morpholine rings is 1. The molecule has 0 bridgehead atoms. The van der Waals surface area contributed by atoms with Gasteiger partial charge >= 0.3 is 0 Å². The number of carbonyl (C=O) groups is 2. The molecule has 6 rings (SSSR count). The van der Waals surface area contributed by atoms with Crippen molar-refractivity contribution in [2.24, 2.45) is 0 Å². The van der Waals surface area contributed by atoms with Crippen LogP contribution in [0, 0.1) is 6.92 Å². The molecule has 0 unspecified atom stereocenters. The van der Waals surface area contributed by atoms with E-state index in [4.69, 9.17) is 9.47 Å². The molecule has 2 heterocycles. The Morgan fingerprint density at radius 2 is 1.86 bits per heavy atom. The van der Waals surface area contributed by atoms with Crippen molar-refractivity contribution in [3.8, 4) is 16.3 Å². The highest BCUT2D eigenvalue weighted by molar-refractivity contribution is 7.18. The van der Waals surface area contributed by atoms with Crippen molar-refractivity contribution >= 4 is 34.0 Å². The molecule has 37 heavy (non-hydrogen) atoms. The number of nitrogens with one attached hydrogen (secondary N) is 2. The van der Waals surface area contributed by atoms with Crippen LogP contribution in [-0.4, -0.2) is 64.9 Å². The fourth-order valence-electron chi connectivity index (χ4n) is 4.64. The molecule has 2 amide bonds. The highest BCUT2D eigenvalue weighted by Gasteiger charge is 2.54. The molecule has 2 aliphatic carbocycles. The monoisotopic (exact) mass is 519 g/mol. The summed E-state index contributed by atoms with van der Waals surface area (Å²) in [6, 6.07) is 13.1. The highest BCUT2D eigenvalue weighted by Crippen LogP contribution is 2.44. The van der Waals surface area contributed by atoms with E-state index >= 15 is 0 Å². The van der Waals surface area contributed by atoms with E-state index in [0.29, 0.717) is 35.3 Å². The number of aryl methyl sites for hydroxylation is 1. The van der Waals surface area contributed by atoms with Crippen molar-refractivity contribution in [2.75, 3.05) is 36.9 Å². The third kappa shape index (κ3) is 5.09. The lowest BCUT2D eigenvalue weighted by Crippen LogP contribution is -2.51. The first kappa shape index (κ1) is 24.0. The van der Waals surface area contributed by atoms with E-state index in [1.165, 1.54) is 11.3 Å². The number of ether oxygens (including phenoxy) is 2. The molecule has 1 aromatic heterocycles. The van der Waals surface area contributed by atoms with Crippen LogP contribution in [0.15, 0.2) is 42.5 Å². The van der Waals surface area contributed by atoms with E-state index in [2.05, 4.69) is 25.7 Å². The van der Waals surface area contributed by atoms with Gasteiger partial charge in [0.25, 0.3) is 5.91 Å². The molecule has 9 nitrogen and oxygen atoms in total. The van der Waals surface area contributed by atoms with Crippen LogP contribution in [0.1, 0.15) is 41.6 Å². The maximum absolute atomic E-state index is 13.4. The Balaban J connectivity index is 1.20. The third-order valence-corrected chi connectivity index (χ3v) is 7.96. The van der Waals surface area contributed by atoms with E-state index in [1.54, 1.807) is 18.2 Å². The smallest absolute Gasteiger partial charge is 0.257 e. The number of hydrogen-bond donors (Lipinski definition) is 2. The molecule has 3 aromatic rings. The number of amides is 2. The second kappa shape index (κ2) is 9.85. The van der Waals surface area contributed by atoms with Crippen molar-refractivity contribution < 1.29 is 19.1 Å². The van der Waals surface area contributed by atoms with Crippen LogP contribution in [0.2, 0.25) is 0 Å². The van der Waals surface area contributed by atoms with Crippen molar-refractivity contribution in [1.29, 1.82) is 0 Å². The molecule has 1 saturated heterocycles. The first-order valence-electron chi connectivity index (χ1n) is 12.7. The molecule has 0 spiro atoms. The van der Waals surface area contributed by atoms with E-state index < -0.39 is 5.54 Å². The minimum atomic E-state index is -0.503. The van der Waals surface area contributed by atoms with Crippen molar-refractivity contribution in [3.63, 3.8) is 0 Å². The molecule has 10 heteroatoms. The number of hydrogen-bond acceptors (Lipinski definition) is 8. The van der Waals surface area contributed by atoms with Gasteiger partial charge in [-0.15, -0.1) is 10.2 Å². The SMILES string of the molecule is Cc1ccccc1-c1nnc(NC(=O)c2ccc(OC3CC3)c(NC(=O)C3(N4CCOCC4)CC3)c2)s1. The summed E-state index contributed by atoms with van der Waals surface area (Å²) in [4.78, 5) is 28.8. The second-order valence-electron chi connectivity index (χ2n) is 9.79. The average Bonchev–Trinajstić information content (AvgIpc) is 3.84. The number of carbonyl (C=O) groups excluding carboxylic acids is 2. The summed E-state index contributed by atoms with van der Waals surface area (Å²) >= 11 is 1.32. The predicted octanol–water partition coefficient (Wildman–Crippen LogP) is 4.11. The van der Waals surface area contributed by atoms with E-state index in [1.807, 2.05) is 31.2 Å². The minimum Gasteiger partial charge on any atom is -0.488 e. The number of benzene rings is 2. The van der Waals surface area contributed by atoms with Gasteiger partial charge < -0.3 is 14.8 Å². The molecule has 2 N–H and O–H groups in total. The molecule has 2 saturated carbocycles. The second-order valence-corrected chi connectivity index (χ2v) is 10.8. The Morgan fingerprint density at radius 1 is 1.08 bits per heavy atom. The third-order valence-electron chi connectivity index (χ3n) is 7.09. The van der Waals surface area contributed by atoms with Gasteiger partial charge in [-0.1, -0.05) is 35.6 Å². The van der Waals surface area contributed by atoms with Gasteiger partial charge in [0, 0.05) is 24.2 Å². The number of aromatic nitrogens is 2. The lowest BCUT2D eigenvalue weighted by molar-refractivity contribution is -0.124. The van der Waals surface area contributed by atoms with Gasteiger partial charge in [0.1, 0.15) is 16.3 Å². The van der Waals surface area contributed by atoms with E-state index in [-0.39, 0.29) is 17.9 Å². The van der Waals surface area contributed by atoms with E-state index in [9.17, 15) is 9.59 Å². The molecule has 0 radical (unpaired) electrons. The maximum atomic E-state index is 13.4. The Morgan fingerprint density at radius 3 is 2.59 bits per heavy atom. The Bertz CT molecular complexity index is 1330. The number of nitrogens with zero attached hydrogens (tertiary/aromatic N) is 3. The van der Waals surface area contributed by atoms with Crippen LogP contribution in [0.4, 0.5) is 10.8 Å². The summed E-state index contributed by atoms with van der Waals surface area (Å²) in [5.41, 5.74) is 2.50. The van der Waals surface area contributed by atoms with Crippen molar-refractivity contribution in [3.05, 3.63) is 53.6 Å². The minimum absolute atomic E-state index is 0.0559. The first-order valence-corrected chi connectivity index (χ1v) is 13.5. The van der Waals surface area contributed by atoms with Gasteiger partial charge in [-0.05, 0) is 56.4 Å². The first-order chi connectivity index (χ1) is 18.0. The molecule has 0 atom stereocenters. The van der Waals surface area contributed by atoms with Gasteiger partial charge in [0.15, 0.2) is 0 Å². The maximum Gasteiger partial charge on any atom is 0.257 e. The van der Waals surface area contributed by atoms with Gasteiger partial charge in [0.2, 0.25) is 11.0 Å². The Labute approximate surface area is 219 Å². The molecule has 3 aliphatic rings. The number of anilines is 2. The average molecular weight is 520 g/mol. The Kier molecular flexibility index (Phi) is 6.39. The van der Waals surface area contributed by atoms with Gasteiger partial charge in [-0.2, -0.15) is 0 Å². The summed E-state index contributed by atoms with van der Waals surface area (Å²) in [6.45, 7) is 4.78. The molecular weight excluding hydrogens is 490 g/mol. The largest absolute Gasteiger partial charge is 0.488 e. The van der Waals surface area contributed by atoms with Crippen LogP contribution in [0.25, 0.3) is 10.6 Å². The van der Waals surface area contributed by atoms with Crippen LogP contribution in [0.5, 0.6) is 5.75 Å². The Hall–Kier alpha value is -3.34. The van der Waals surface area contributed by atoms with Gasteiger partial charge in [-0.25, -0.2) is 0 Å². The molecule has 192 valence electrons. The van der Waals surface area contributed by atoms with E-state index in [0.717, 1.165) is 54.9 Å². The normalized spacial score (nSPS) is 18.7. The summed E-state index contributed by atoms with van der Waals surface area (Å²) in [5.74, 6) is 0.206. The lowest BCUT2D eigenvalue weighted by atomic mass is 10.1. The molecule has 1 aliphatic heterocycles. The summed E-state index contributed by atoms with van der Waals surface area (Å²) in [7, 11) is 0. The zero-order valence-electron chi connectivity index (χ0n) is 20.7.